The molecule has 0 bridgehead atoms. The molecule has 96 valence electrons. The van der Waals surface area contributed by atoms with E-state index in [0.29, 0.717) is 16.3 Å². The summed E-state index contributed by atoms with van der Waals surface area (Å²) in [5.41, 5.74) is 7.57. The minimum atomic E-state index is -0.657. The van der Waals surface area contributed by atoms with E-state index in [0.717, 1.165) is 5.56 Å². The van der Waals surface area contributed by atoms with Gasteiger partial charge in [0.1, 0.15) is 11.1 Å². The van der Waals surface area contributed by atoms with E-state index in [9.17, 15) is 5.11 Å². The van der Waals surface area contributed by atoms with Crippen LogP contribution < -0.4 is 5.73 Å². The van der Waals surface area contributed by atoms with Crippen LogP contribution in [0.5, 0.6) is 0 Å². The molecule has 0 amide bonds. The Bertz CT molecular complexity index is 520. The quantitative estimate of drug-likeness (QED) is 0.771. The Hall–Kier alpha value is -1.09. The molecule has 0 spiro atoms. The monoisotopic (exact) mass is 303 g/mol. The molecule has 2 nitrogen and oxygen atoms in total. The van der Waals surface area contributed by atoms with Crippen LogP contribution in [0.25, 0.3) is 6.08 Å². The highest BCUT2D eigenvalue weighted by molar-refractivity contribution is 6.36. The fourth-order valence-corrected chi connectivity index (χ4v) is 2.11. The van der Waals surface area contributed by atoms with E-state index < -0.39 is 5.38 Å². The van der Waals surface area contributed by atoms with Crippen LogP contribution in [0.15, 0.2) is 58.5 Å². The summed E-state index contributed by atoms with van der Waals surface area (Å²) in [5, 5.41) is 9.35. The average molecular weight is 305 g/mol. The largest absolute Gasteiger partial charge is 0.510 e. The molecule has 0 heterocycles. The minimum absolute atomic E-state index is 0. The predicted octanol–water partition coefficient (Wildman–Crippen LogP) is 3.96. The lowest BCUT2D eigenvalue weighted by atomic mass is 10.0. The Morgan fingerprint density at radius 3 is 2.44 bits per heavy atom. The summed E-state index contributed by atoms with van der Waals surface area (Å²) in [6.07, 6.45) is 3.19. The highest BCUT2D eigenvalue weighted by Gasteiger charge is 2.24. The van der Waals surface area contributed by atoms with Crippen molar-refractivity contribution in [2.75, 3.05) is 0 Å². The third-order valence-corrected chi connectivity index (χ3v) is 3.36. The Labute approximate surface area is 122 Å². The van der Waals surface area contributed by atoms with Crippen LogP contribution in [0, 0.1) is 0 Å². The van der Waals surface area contributed by atoms with Crippen molar-refractivity contribution < 1.29 is 5.11 Å². The molecule has 0 fully saturated rings. The molecule has 5 heteroatoms. The first-order valence-electron chi connectivity index (χ1n) is 5.06. The molecule has 18 heavy (non-hydrogen) atoms. The van der Waals surface area contributed by atoms with Crippen LogP contribution in [0.4, 0.5) is 0 Å². The first-order valence-corrected chi connectivity index (χ1v) is 5.88. The molecule has 3 N–H and O–H groups in total. The van der Waals surface area contributed by atoms with Gasteiger partial charge in [0.2, 0.25) is 0 Å². The maximum absolute atomic E-state index is 9.63. The highest BCUT2D eigenvalue weighted by Crippen LogP contribution is 2.34. The highest BCUT2D eigenvalue weighted by atomic mass is 35.5. The molecule has 0 radical (unpaired) electrons. The predicted molar refractivity (Wildman–Crippen MR) is 79.1 cm³/mol. The number of halogens is 3. The van der Waals surface area contributed by atoms with E-state index in [1.807, 2.05) is 36.4 Å². The Morgan fingerprint density at radius 1 is 1.22 bits per heavy atom. The number of aliphatic hydroxyl groups excluding tert-OH is 1. The molecule has 1 atom stereocenters. The minimum Gasteiger partial charge on any atom is -0.510 e. The lowest BCUT2D eigenvalue weighted by Crippen LogP contribution is -2.16. The zero-order valence-electron chi connectivity index (χ0n) is 9.31. The number of nitrogens with two attached hydrogens (primary N) is 1. The first-order chi connectivity index (χ1) is 8.09. The van der Waals surface area contributed by atoms with Crippen LogP contribution in [-0.4, -0.2) is 10.5 Å². The summed E-state index contributed by atoms with van der Waals surface area (Å²) >= 11 is 12.2. The molecule has 1 aromatic carbocycles. The Morgan fingerprint density at radius 2 is 1.83 bits per heavy atom. The molecular weight excluding hydrogens is 293 g/mol. The van der Waals surface area contributed by atoms with E-state index in [1.54, 1.807) is 0 Å². The summed E-state index contributed by atoms with van der Waals surface area (Å²) < 4.78 is 0. The summed E-state index contributed by atoms with van der Waals surface area (Å²) in [4.78, 5) is 0. The van der Waals surface area contributed by atoms with Crippen molar-refractivity contribution in [3.05, 3.63) is 64.0 Å². The molecule has 1 aliphatic rings. The molecule has 1 unspecified atom stereocenters. The topological polar surface area (TPSA) is 46.2 Å². The summed E-state index contributed by atoms with van der Waals surface area (Å²) in [6.45, 7) is 0. The smallest absolute Gasteiger partial charge is 0.117 e. The molecular formula is C13H12Cl3NO. The van der Waals surface area contributed by atoms with Crippen molar-refractivity contribution in [2.24, 2.45) is 5.73 Å². The molecule has 0 aromatic heterocycles. The van der Waals surface area contributed by atoms with Crippen LogP contribution >= 0.6 is 35.6 Å². The van der Waals surface area contributed by atoms with Gasteiger partial charge in [0, 0.05) is 6.08 Å². The number of rotatable bonds is 1. The van der Waals surface area contributed by atoms with Crippen molar-refractivity contribution in [2.45, 2.75) is 5.38 Å². The Balaban J connectivity index is 0.00000162. The SMILES string of the molecule is Cl.NC1=C(Cl)C(=Cc2ccccc2)C(Cl)C(O)=C1. The van der Waals surface area contributed by atoms with Gasteiger partial charge in [0.05, 0.1) is 10.7 Å². The Kier molecular flexibility index (Phi) is 5.15. The molecule has 1 aromatic rings. The van der Waals surface area contributed by atoms with Crippen molar-refractivity contribution in [1.29, 1.82) is 0 Å². The molecule has 0 saturated carbocycles. The van der Waals surface area contributed by atoms with Crippen LogP contribution in [0.1, 0.15) is 5.56 Å². The van der Waals surface area contributed by atoms with Gasteiger partial charge in [-0.3, -0.25) is 0 Å². The zero-order valence-corrected chi connectivity index (χ0v) is 11.6. The zero-order chi connectivity index (χ0) is 12.4. The van der Waals surface area contributed by atoms with E-state index >= 15 is 0 Å². The molecule has 0 aliphatic heterocycles. The molecule has 1 aliphatic carbocycles. The normalized spacial score (nSPS) is 21.6. The number of alkyl halides is 1. The van der Waals surface area contributed by atoms with Crippen molar-refractivity contribution in [1.82, 2.24) is 0 Å². The number of allylic oxidation sites excluding steroid dienone is 3. The fraction of sp³-hybridized carbons (Fsp3) is 0.0769. The van der Waals surface area contributed by atoms with Gasteiger partial charge in [0.25, 0.3) is 0 Å². The third-order valence-electron chi connectivity index (χ3n) is 2.46. The average Bonchev–Trinajstić information content (AvgIpc) is 2.33. The van der Waals surface area contributed by atoms with Gasteiger partial charge in [-0.2, -0.15) is 0 Å². The fourth-order valence-electron chi connectivity index (χ4n) is 1.60. The van der Waals surface area contributed by atoms with Gasteiger partial charge in [-0.15, -0.1) is 24.0 Å². The van der Waals surface area contributed by atoms with E-state index in [2.05, 4.69) is 0 Å². The number of aliphatic hydroxyl groups is 1. The first kappa shape index (κ1) is 15.0. The second-order valence-electron chi connectivity index (χ2n) is 3.71. The standard InChI is InChI=1S/C13H11Cl2NO.ClH/c14-12-9(6-8-4-2-1-3-5-8)13(15)11(17)7-10(12)16;/h1-7,13,17H,16H2;1H. The van der Waals surface area contributed by atoms with E-state index in [1.165, 1.54) is 6.08 Å². The van der Waals surface area contributed by atoms with Gasteiger partial charge in [0.15, 0.2) is 0 Å². The van der Waals surface area contributed by atoms with Crippen molar-refractivity contribution in [3.8, 4) is 0 Å². The summed E-state index contributed by atoms with van der Waals surface area (Å²) in [6, 6.07) is 9.59. The van der Waals surface area contributed by atoms with Crippen LogP contribution in [-0.2, 0) is 0 Å². The summed E-state index contributed by atoms with van der Waals surface area (Å²) in [7, 11) is 0. The lowest BCUT2D eigenvalue weighted by molar-refractivity contribution is 0.399. The number of hydrogen-bond acceptors (Lipinski definition) is 2. The van der Waals surface area contributed by atoms with Crippen molar-refractivity contribution in [3.63, 3.8) is 0 Å². The maximum Gasteiger partial charge on any atom is 0.117 e. The van der Waals surface area contributed by atoms with E-state index in [4.69, 9.17) is 28.9 Å². The van der Waals surface area contributed by atoms with Gasteiger partial charge in [-0.05, 0) is 17.2 Å². The summed E-state index contributed by atoms with van der Waals surface area (Å²) in [5.74, 6) is 0.00995. The van der Waals surface area contributed by atoms with Gasteiger partial charge in [-0.25, -0.2) is 0 Å². The molecule has 0 saturated heterocycles. The second kappa shape index (κ2) is 6.19. The van der Waals surface area contributed by atoms with Crippen molar-refractivity contribution >= 4 is 41.7 Å². The van der Waals surface area contributed by atoms with Gasteiger partial charge in [-0.1, -0.05) is 41.9 Å². The second-order valence-corrected chi connectivity index (χ2v) is 4.53. The lowest BCUT2D eigenvalue weighted by Gasteiger charge is -2.19. The number of hydrogen-bond donors (Lipinski definition) is 2. The van der Waals surface area contributed by atoms with Crippen LogP contribution in [0.2, 0.25) is 0 Å². The third kappa shape index (κ3) is 3.02. The number of benzene rings is 1. The van der Waals surface area contributed by atoms with Gasteiger partial charge < -0.3 is 10.8 Å². The molecule has 2 rings (SSSR count). The van der Waals surface area contributed by atoms with Crippen LogP contribution in [0.3, 0.4) is 0 Å². The maximum atomic E-state index is 9.63. The van der Waals surface area contributed by atoms with Gasteiger partial charge >= 0.3 is 0 Å². The van der Waals surface area contributed by atoms with E-state index in [-0.39, 0.29) is 18.2 Å².